The van der Waals surface area contributed by atoms with Gasteiger partial charge in [0.25, 0.3) is 0 Å². The molecule has 0 heterocycles. The van der Waals surface area contributed by atoms with E-state index in [1.165, 1.54) is 6.42 Å². The maximum Gasteiger partial charge on any atom is 0.224 e. The second kappa shape index (κ2) is 4.61. The highest BCUT2D eigenvalue weighted by molar-refractivity contribution is 5.79. The van der Waals surface area contributed by atoms with Crippen molar-refractivity contribution in [2.75, 3.05) is 20.6 Å². The van der Waals surface area contributed by atoms with Gasteiger partial charge in [-0.25, -0.2) is 0 Å². The van der Waals surface area contributed by atoms with Crippen molar-refractivity contribution in [1.29, 1.82) is 0 Å². The Balaban J connectivity index is 2.52. The van der Waals surface area contributed by atoms with Crippen LogP contribution in [0.4, 0.5) is 0 Å². The molecule has 76 valence electrons. The van der Waals surface area contributed by atoms with E-state index in [0.29, 0.717) is 6.04 Å². The zero-order chi connectivity index (χ0) is 9.84. The second-order valence-electron chi connectivity index (χ2n) is 3.96. The molecule has 1 saturated carbocycles. The molecule has 1 rings (SSSR count). The Morgan fingerprint density at radius 3 is 2.69 bits per heavy atom. The van der Waals surface area contributed by atoms with Crippen LogP contribution in [-0.4, -0.2) is 37.5 Å². The van der Waals surface area contributed by atoms with Crippen molar-refractivity contribution in [2.45, 2.75) is 32.2 Å². The van der Waals surface area contributed by atoms with Gasteiger partial charge in [0.05, 0.1) is 5.92 Å². The first-order chi connectivity index (χ1) is 6.16. The SMILES string of the molecule is CCNC(=O)C1CCCC1N(C)C. The summed E-state index contributed by atoms with van der Waals surface area (Å²) in [7, 11) is 4.12. The molecule has 0 aromatic heterocycles. The molecule has 3 heteroatoms. The third kappa shape index (κ3) is 2.44. The molecule has 0 saturated heterocycles. The Morgan fingerprint density at radius 1 is 1.46 bits per heavy atom. The number of amides is 1. The molecule has 1 aliphatic rings. The standard InChI is InChI=1S/C10H20N2O/c1-4-11-10(13)8-6-5-7-9(8)12(2)3/h8-9H,4-7H2,1-3H3,(H,11,13). The van der Waals surface area contributed by atoms with E-state index < -0.39 is 0 Å². The smallest absolute Gasteiger partial charge is 0.224 e. The van der Waals surface area contributed by atoms with Gasteiger partial charge in [-0.3, -0.25) is 4.79 Å². The van der Waals surface area contributed by atoms with Crippen LogP contribution in [-0.2, 0) is 4.79 Å². The summed E-state index contributed by atoms with van der Waals surface area (Å²) in [5, 5.41) is 2.91. The van der Waals surface area contributed by atoms with Crippen LogP contribution in [0.2, 0.25) is 0 Å². The van der Waals surface area contributed by atoms with Crippen LogP contribution in [0.15, 0.2) is 0 Å². The largest absolute Gasteiger partial charge is 0.356 e. The highest BCUT2D eigenvalue weighted by Gasteiger charge is 2.33. The summed E-state index contributed by atoms with van der Waals surface area (Å²) in [6.07, 6.45) is 3.40. The molecule has 13 heavy (non-hydrogen) atoms. The van der Waals surface area contributed by atoms with E-state index in [9.17, 15) is 4.79 Å². The predicted molar refractivity (Wildman–Crippen MR) is 53.5 cm³/mol. The van der Waals surface area contributed by atoms with E-state index in [4.69, 9.17) is 0 Å². The first-order valence-electron chi connectivity index (χ1n) is 5.11. The van der Waals surface area contributed by atoms with Crippen LogP contribution in [0.1, 0.15) is 26.2 Å². The van der Waals surface area contributed by atoms with Crippen molar-refractivity contribution in [3.8, 4) is 0 Å². The van der Waals surface area contributed by atoms with Gasteiger partial charge in [-0.05, 0) is 33.9 Å². The van der Waals surface area contributed by atoms with E-state index in [1.807, 2.05) is 6.92 Å². The minimum atomic E-state index is 0.218. The van der Waals surface area contributed by atoms with Crippen molar-refractivity contribution in [1.82, 2.24) is 10.2 Å². The topological polar surface area (TPSA) is 32.3 Å². The van der Waals surface area contributed by atoms with Gasteiger partial charge >= 0.3 is 0 Å². The number of hydrogen-bond donors (Lipinski definition) is 1. The molecule has 1 N–H and O–H groups in total. The molecule has 1 amide bonds. The molecular weight excluding hydrogens is 164 g/mol. The molecular formula is C10H20N2O. The van der Waals surface area contributed by atoms with Crippen molar-refractivity contribution < 1.29 is 4.79 Å². The van der Waals surface area contributed by atoms with Gasteiger partial charge in [0, 0.05) is 12.6 Å². The van der Waals surface area contributed by atoms with Crippen LogP contribution < -0.4 is 5.32 Å². The molecule has 1 aliphatic carbocycles. The van der Waals surface area contributed by atoms with Crippen LogP contribution in [0, 0.1) is 5.92 Å². The van der Waals surface area contributed by atoms with E-state index in [0.717, 1.165) is 19.4 Å². The summed E-state index contributed by atoms with van der Waals surface area (Å²) >= 11 is 0. The zero-order valence-electron chi connectivity index (χ0n) is 8.84. The Bertz CT molecular complexity index is 180. The molecule has 0 aliphatic heterocycles. The maximum absolute atomic E-state index is 11.6. The zero-order valence-corrected chi connectivity index (χ0v) is 8.84. The van der Waals surface area contributed by atoms with Gasteiger partial charge in [-0.2, -0.15) is 0 Å². The van der Waals surface area contributed by atoms with Gasteiger partial charge in [0.2, 0.25) is 5.91 Å². The fourth-order valence-electron chi connectivity index (χ4n) is 2.17. The van der Waals surface area contributed by atoms with Crippen LogP contribution >= 0.6 is 0 Å². The Labute approximate surface area is 80.5 Å². The minimum Gasteiger partial charge on any atom is -0.356 e. The quantitative estimate of drug-likeness (QED) is 0.705. The summed E-state index contributed by atoms with van der Waals surface area (Å²) in [4.78, 5) is 13.8. The summed E-state index contributed by atoms with van der Waals surface area (Å²) < 4.78 is 0. The second-order valence-corrected chi connectivity index (χ2v) is 3.96. The van der Waals surface area contributed by atoms with Crippen LogP contribution in [0.5, 0.6) is 0 Å². The molecule has 0 radical (unpaired) electrons. The summed E-state index contributed by atoms with van der Waals surface area (Å²) in [5.74, 6) is 0.452. The molecule has 3 nitrogen and oxygen atoms in total. The average molecular weight is 184 g/mol. The first kappa shape index (κ1) is 10.5. The molecule has 1 fully saturated rings. The average Bonchev–Trinajstić information content (AvgIpc) is 2.52. The van der Waals surface area contributed by atoms with Gasteiger partial charge in [-0.15, -0.1) is 0 Å². The van der Waals surface area contributed by atoms with Crippen molar-refractivity contribution in [3.63, 3.8) is 0 Å². The van der Waals surface area contributed by atoms with Crippen molar-refractivity contribution in [3.05, 3.63) is 0 Å². The van der Waals surface area contributed by atoms with Gasteiger partial charge in [0.15, 0.2) is 0 Å². The number of carbonyl (C=O) groups is 1. The third-order valence-electron chi connectivity index (χ3n) is 2.83. The molecule has 0 aromatic rings. The molecule has 2 atom stereocenters. The number of nitrogens with zero attached hydrogens (tertiary/aromatic N) is 1. The fraction of sp³-hybridized carbons (Fsp3) is 0.900. The monoisotopic (exact) mass is 184 g/mol. The van der Waals surface area contributed by atoms with E-state index in [1.54, 1.807) is 0 Å². The molecule has 0 spiro atoms. The van der Waals surface area contributed by atoms with Gasteiger partial charge in [-0.1, -0.05) is 6.42 Å². The number of nitrogens with one attached hydrogen (secondary N) is 1. The molecule has 0 aromatic carbocycles. The number of rotatable bonds is 3. The summed E-state index contributed by atoms with van der Waals surface area (Å²) in [6.45, 7) is 2.72. The van der Waals surface area contributed by atoms with Crippen LogP contribution in [0.3, 0.4) is 0 Å². The first-order valence-corrected chi connectivity index (χ1v) is 5.11. The number of carbonyl (C=O) groups excluding carboxylic acids is 1. The van der Waals surface area contributed by atoms with Crippen molar-refractivity contribution in [2.24, 2.45) is 5.92 Å². The summed E-state index contributed by atoms with van der Waals surface area (Å²) in [6, 6.07) is 0.451. The Kier molecular flexibility index (Phi) is 3.72. The lowest BCUT2D eigenvalue weighted by atomic mass is 10.0. The summed E-state index contributed by atoms with van der Waals surface area (Å²) in [5.41, 5.74) is 0. The van der Waals surface area contributed by atoms with E-state index >= 15 is 0 Å². The normalized spacial score (nSPS) is 28.0. The maximum atomic E-state index is 11.6. The predicted octanol–water partition coefficient (Wildman–Crippen LogP) is 0.853. The van der Waals surface area contributed by atoms with Crippen molar-refractivity contribution >= 4 is 5.91 Å². The van der Waals surface area contributed by atoms with Gasteiger partial charge < -0.3 is 10.2 Å². The molecule has 0 bridgehead atoms. The lowest BCUT2D eigenvalue weighted by molar-refractivity contribution is -0.126. The highest BCUT2D eigenvalue weighted by Crippen LogP contribution is 2.28. The lowest BCUT2D eigenvalue weighted by Crippen LogP contribution is -2.40. The van der Waals surface area contributed by atoms with Crippen LogP contribution in [0.25, 0.3) is 0 Å². The number of hydrogen-bond acceptors (Lipinski definition) is 2. The highest BCUT2D eigenvalue weighted by atomic mass is 16.1. The fourth-order valence-corrected chi connectivity index (χ4v) is 2.17. The molecule has 2 unspecified atom stereocenters. The Hall–Kier alpha value is -0.570. The third-order valence-corrected chi connectivity index (χ3v) is 2.83. The lowest BCUT2D eigenvalue weighted by Gasteiger charge is -2.25. The minimum absolute atomic E-state index is 0.218. The van der Waals surface area contributed by atoms with E-state index in [2.05, 4.69) is 24.3 Å². The Morgan fingerprint density at radius 2 is 2.15 bits per heavy atom. The van der Waals surface area contributed by atoms with E-state index in [-0.39, 0.29) is 11.8 Å². The van der Waals surface area contributed by atoms with Gasteiger partial charge in [0.1, 0.15) is 0 Å².